The number of carbonyl (C=O) groups excluding carboxylic acids is 1. The third kappa shape index (κ3) is 2.66. The topological polar surface area (TPSA) is 61.4 Å². The fraction of sp³-hybridized carbons (Fsp3) is 0.312. The SMILES string of the molecule is O=C(NCc1cccc2ccccc12)C1CC(O)CN1. The Morgan fingerprint density at radius 2 is 2.05 bits per heavy atom. The van der Waals surface area contributed by atoms with Crippen LogP contribution in [0.3, 0.4) is 0 Å². The molecule has 0 aliphatic carbocycles. The van der Waals surface area contributed by atoms with Crippen molar-refractivity contribution in [3.63, 3.8) is 0 Å². The molecule has 1 amide bonds. The summed E-state index contributed by atoms with van der Waals surface area (Å²) in [4.78, 5) is 12.0. The van der Waals surface area contributed by atoms with Gasteiger partial charge in [-0.3, -0.25) is 4.79 Å². The third-order valence-corrected chi connectivity index (χ3v) is 3.76. The molecule has 1 aliphatic rings. The number of aliphatic hydroxyl groups is 1. The summed E-state index contributed by atoms with van der Waals surface area (Å²) in [6.45, 7) is 1.00. The Labute approximate surface area is 117 Å². The van der Waals surface area contributed by atoms with Crippen molar-refractivity contribution in [2.24, 2.45) is 0 Å². The van der Waals surface area contributed by atoms with Crippen molar-refractivity contribution in [1.82, 2.24) is 10.6 Å². The number of aliphatic hydroxyl groups excluding tert-OH is 1. The van der Waals surface area contributed by atoms with Crippen LogP contribution in [0.1, 0.15) is 12.0 Å². The number of rotatable bonds is 3. The molecule has 4 heteroatoms. The van der Waals surface area contributed by atoms with E-state index >= 15 is 0 Å². The molecule has 0 spiro atoms. The molecule has 0 bridgehead atoms. The highest BCUT2D eigenvalue weighted by atomic mass is 16.3. The predicted octanol–water partition coefficient (Wildman–Crippen LogP) is 1.18. The fourth-order valence-electron chi connectivity index (χ4n) is 2.67. The van der Waals surface area contributed by atoms with Gasteiger partial charge in [0, 0.05) is 13.1 Å². The smallest absolute Gasteiger partial charge is 0.237 e. The molecule has 4 nitrogen and oxygen atoms in total. The number of hydrogen-bond acceptors (Lipinski definition) is 3. The predicted molar refractivity (Wildman–Crippen MR) is 78.2 cm³/mol. The average Bonchev–Trinajstić information content (AvgIpc) is 2.91. The zero-order chi connectivity index (χ0) is 13.9. The van der Waals surface area contributed by atoms with E-state index in [1.165, 1.54) is 5.39 Å². The fourth-order valence-corrected chi connectivity index (χ4v) is 2.67. The van der Waals surface area contributed by atoms with Crippen molar-refractivity contribution in [3.05, 3.63) is 48.0 Å². The lowest BCUT2D eigenvalue weighted by Gasteiger charge is -2.12. The first-order chi connectivity index (χ1) is 9.74. The number of amides is 1. The van der Waals surface area contributed by atoms with Gasteiger partial charge in [0.1, 0.15) is 0 Å². The minimum absolute atomic E-state index is 0.0468. The van der Waals surface area contributed by atoms with Crippen LogP contribution in [0.2, 0.25) is 0 Å². The average molecular weight is 270 g/mol. The van der Waals surface area contributed by atoms with Crippen LogP contribution in [-0.4, -0.2) is 29.7 Å². The first-order valence-corrected chi connectivity index (χ1v) is 6.90. The van der Waals surface area contributed by atoms with E-state index in [0.29, 0.717) is 19.5 Å². The molecule has 3 rings (SSSR count). The van der Waals surface area contributed by atoms with Crippen LogP contribution in [-0.2, 0) is 11.3 Å². The molecule has 1 saturated heterocycles. The second kappa shape index (κ2) is 5.61. The normalized spacial score (nSPS) is 22.1. The molecular formula is C16H18N2O2. The highest BCUT2D eigenvalue weighted by Crippen LogP contribution is 2.18. The van der Waals surface area contributed by atoms with E-state index < -0.39 is 6.10 Å². The number of fused-ring (bicyclic) bond motifs is 1. The Morgan fingerprint density at radius 1 is 1.25 bits per heavy atom. The summed E-state index contributed by atoms with van der Waals surface area (Å²) in [5.74, 6) is -0.0468. The van der Waals surface area contributed by atoms with Gasteiger partial charge in [-0.1, -0.05) is 42.5 Å². The summed E-state index contributed by atoms with van der Waals surface area (Å²) in [6.07, 6.45) is 0.0739. The summed E-state index contributed by atoms with van der Waals surface area (Å²) in [7, 11) is 0. The Morgan fingerprint density at radius 3 is 2.85 bits per heavy atom. The van der Waals surface area contributed by atoms with Crippen molar-refractivity contribution in [2.75, 3.05) is 6.54 Å². The van der Waals surface area contributed by atoms with Gasteiger partial charge in [-0.25, -0.2) is 0 Å². The molecule has 20 heavy (non-hydrogen) atoms. The largest absolute Gasteiger partial charge is 0.392 e. The summed E-state index contributed by atoms with van der Waals surface area (Å²) in [5.41, 5.74) is 1.11. The lowest BCUT2D eigenvalue weighted by molar-refractivity contribution is -0.123. The summed E-state index contributed by atoms with van der Waals surface area (Å²) < 4.78 is 0. The van der Waals surface area contributed by atoms with Crippen LogP contribution in [0.5, 0.6) is 0 Å². The Balaban J connectivity index is 1.69. The maximum atomic E-state index is 12.0. The molecule has 1 heterocycles. The van der Waals surface area contributed by atoms with Crippen molar-refractivity contribution in [1.29, 1.82) is 0 Å². The zero-order valence-corrected chi connectivity index (χ0v) is 11.2. The molecule has 104 valence electrons. The van der Waals surface area contributed by atoms with Gasteiger partial charge in [0.2, 0.25) is 5.91 Å². The first-order valence-electron chi connectivity index (χ1n) is 6.90. The quantitative estimate of drug-likeness (QED) is 0.785. The molecular weight excluding hydrogens is 252 g/mol. The van der Waals surface area contributed by atoms with Gasteiger partial charge in [-0.2, -0.15) is 0 Å². The van der Waals surface area contributed by atoms with E-state index in [2.05, 4.69) is 28.8 Å². The van der Waals surface area contributed by atoms with Crippen molar-refractivity contribution in [2.45, 2.75) is 25.1 Å². The molecule has 2 aromatic carbocycles. The van der Waals surface area contributed by atoms with Crippen molar-refractivity contribution >= 4 is 16.7 Å². The van der Waals surface area contributed by atoms with Crippen LogP contribution in [0.15, 0.2) is 42.5 Å². The van der Waals surface area contributed by atoms with E-state index in [1.807, 2.05) is 24.3 Å². The zero-order valence-electron chi connectivity index (χ0n) is 11.2. The lowest BCUT2D eigenvalue weighted by Crippen LogP contribution is -2.40. The summed E-state index contributed by atoms with van der Waals surface area (Å²) in [5, 5.41) is 17.7. The highest BCUT2D eigenvalue weighted by molar-refractivity contribution is 5.87. The Hall–Kier alpha value is -1.91. The van der Waals surface area contributed by atoms with E-state index in [1.54, 1.807) is 0 Å². The van der Waals surface area contributed by atoms with E-state index in [0.717, 1.165) is 10.9 Å². The minimum atomic E-state index is -0.414. The summed E-state index contributed by atoms with van der Waals surface area (Å²) in [6, 6.07) is 14.0. The van der Waals surface area contributed by atoms with Crippen molar-refractivity contribution in [3.8, 4) is 0 Å². The van der Waals surface area contributed by atoms with Gasteiger partial charge < -0.3 is 15.7 Å². The Kier molecular flexibility index (Phi) is 3.67. The number of β-amino-alcohol motifs (C(OH)–C–C–N with tert-alkyl or cyclic N) is 1. The maximum absolute atomic E-state index is 12.0. The molecule has 2 atom stereocenters. The molecule has 0 radical (unpaired) electrons. The molecule has 2 aromatic rings. The van der Waals surface area contributed by atoms with Gasteiger partial charge in [0.15, 0.2) is 0 Å². The number of nitrogens with one attached hydrogen (secondary N) is 2. The van der Waals surface area contributed by atoms with Crippen LogP contribution in [0.25, 0.3) is 10.8 Å². The number of hydrogen-bond donors (Lipinski definition) is 3. The maximum Gasteiger partial charge on any atom is 0.237 e. The second-order valence-electron chi connectivity index (χ2n) is 5.21. The van der Waals surface area contributed by atoms with E-state index in [-0.39, 0.29) is 11.9 Å². The van der Waals surface area contributed by atoms with Gasteiger partial charge in [-0.15, -0.1) is 0 Å². The monoisotopic (exact) mass is 270 g/mol. The Bertz CT molecular complexity index is 621. The first kappa shape index (κ1) is 13.1. The summed E-state index contributed by atoms with van der Waals surface area (Å²) >= 11 is 0. The molecule has 0 aromatic heterocycles. The number of benzene rings is 2. The standard InChI is InChI=1S/C16H18N2O2/c19-13-8-15(17-10-13)16(20)18-9-12-6-3-5-11-4-1-2-7-14(11)12/h1-7,13,15,17,19H,8-10H2,(H,18,20). The van der Waals surface area contributed by atoms with Crippen LogP contribution in [0.4, 0.5) is 0 Å². The third-order valence-electron chi connectivity index (χ3n) is 3.76. The molecule has 0 saturated carbocycles. The van der Waals surface area contributed by atoms with Crippen LogP contribution >= 0.6 is 0 Å². The van der Waals surface area contributed by atoms with Crippen LogP contribution < -0.4 is 10.6 Å². The lowest BCUT2D eigenvalue weighted by atomic mass is 10.0. The molecule has 1 fully saturated rings. The van der Waals surface area contributed by atoms with Gasteiger partial charge in [0.05, 0.1) is 12.1 Å². The van der Waals surface area contributed by atoms with E-state index in [9.17, 15) is 9.90 Å². The van der Waals surface area contributed by atoms with Gasteiger partial charge >= 0.3 is 0 Å². The van der Waals surface area contributed by atoms with Gasteiger partial charge in [-0.05, 0) is 22.8 Å². The second-order valence-corrected chi connectivity index (χ2v) is 5.21. The highest BCUT2D eigenvalue weighted by Gasteiger charge is 2.27. The van der Waals surface area contributed by atoms with Crippen molar-refractivity contribution < 1.29 is 9.90 Å². The molecule has 3 N–H and O–H groups in total. The van der Waals surface area contributed by atoms with Gasteiger partial charge in [0.25, 0.3) is 0 Å². The van der Waals surface area contributed by atoms with Crippen LogP contribution in [0, 0.1) is 0 Å². The minimum Gasteiger partial charge on any atom is -0.392 e. The number of carbonyl (C=O) groups is 1. The van der Waals surface area contributed by atoms with E-state index in [4.69, 9.17) is 0 Å². The molecule has 2 unspecified atom stereocenters. The molecule has 1 aliphatic heterocycles.